The van der Waals surface area contributed by atoms with E-state index in [2.05, 4.69) is 22.0 Å². The van der Waals surface area contributed by atoms with Gasteiger partial charge in [-0.25, -0.2) is 4.98 Å². The highest BCUT2D eigenvalue weighted by molar-refractivity contribution is 5.53. The molecule has 102 valence electrons. The molecule has 0 aliphatic rings. The number of aryl methyl sites for hydroxylation is 1. The van der Waals surface area contributed by atoms with Crippen LogP contribution in [0.3, 0.4) is 0 Å². The van der Waals surface area contributed by atoms with Crippen molar-refractivity contribution < 1.29 is 4.52 Å². The Kier molecular flexibility index (Phi) is 3.58. The minimum absolute atomic E-state index is 0.565. The number of hydrogen-bond donors (Lipinski definition) is 0. The van der Waals surface area contributed by atoms with E-state index in [0.717, 1.165) is 24.2 Å². The molecule has 0 aliphatic carbocycles. The maximum atomic E-state index is 5.32. The molecule has 0 saturated heterocycles. The molecule has 3 aromatic rings. The normalized spacial score (nSPS) is 10.8. The van der Waals surface area contributed by atoms with Crippen molar-refractivity contribution in [1.29, 1.82) is 0 Å². The van der Waals surface area contributed by atoms with Crippen molar-refractivity contribution in [2.75, 3.05) is 0 Å². The molecular formula is C15H16N4O. The highest BCUT2D eigenvalue weighted by Crippen LogP contribution is 2.15. The summed E-state index contributed by atoms with van der Waals surface area (Å²) in [6.45, 7) is 2.70. The molecule has 0 atom stereocenters. The zero-order chi connectivity index (χ0) is 13.8. The van der Waals surface area contributed by atoms with E-state index in [9.17, 15) is 0 Å². The Hall–Kier alpha value is -2.43. The Bertz CT molecular complexity index is 672. The van der Waals surface area contributed by atoms with Crippen LogP contribution in [-0.2, 0) is 13.0 Å². The molecule has 0 spiro atoms. The minimum atomic E-state index is 0.565. The summed E-state index contributed by atoms with van der Waals surface area (Å²) < 4.78 is 7.36. The topological polar surface area (TPSA) is 56.7 Å². The molecule has 2 aromatic heterocycles. The SMILES string of the molecule is CCCc1nccn1Cc1nc(-c2ccccc2)no1. The molecule has 2 heterocycles. The molecule has 5 heteroatoms. The fourth-order valence-electron chi connectivity index (χ4n) is 2.11. The average Bonchev–Trinajstić information content (AvgIpc) is 3.11. The summed E-state index contributed by atoms with van der Waals surface area (Å²) in [4.78, 5) is 8.77. The van der Waals surface area contributed by atoms with Crippen LogP contribution in [0.15, 0.2) is 47.2 Å². The van der Waals surface area contributed by atoms with Gasteiger partial charge in [-0.05, 0) is 6.42 Å². The fraction of sp³-hybridized carbons (Fsp3) is 0.267. The standard InChI is InChI=1S/C15H16N4O/c1-2-6-13-16-9-10-19(13)11-14-17-15(18-20-14)12-7-4-3-5-8-12/h3-5,7-10H,2,6,11H2,1H3. The first kappa shape index (κ1) is 12.6. The van der Waals surface area contributed by atoms with Crippen molar-refractivity contribution in [3.63, 3.8) is 0 Å². The van der Waals surface area contributed by atoms with Crippen molar-refractivity contribution in [3.05, 3.63) is 54.4 Å². The van der Waals surface area contributed by atoms with Crippen molar-refractivity contribution in [2.45, 2.75) is 26.3 Å². The van der Waals surface area contributed by atoms with Gasteiger partial charge in [-0.15, -0.1) is 0 Å². The Labute approximate surface area is 117 Å². The third kappa shape index (κ3) is 2.61. The minimum Gasteiger partial charge on any atom is -0.337 e. The van der Waals surface area contributed by atoms with Gasteiger partial charge in [0, 0.05) is 24.4 Å². The third-order valence-electron chi connectivity index (χ3n) is 3.08. The molecular weight excluding hydrogens is 252 g/mol. The maximum absolute atomic E-state index is 5.32. The second kappa shape index (κ2) is 5.69. The summed E-state index contributed by atoms with van der Waals surface area (Å²) in [6, 6.07) is 9.82. The van der Waals surface area contributed by atoms with Gasteiger partial charge in [0.2, 0.25) is 11.7 Å². The lowest BCUT2D eigenvalue weighted by atomic mass is 10.2. The fourth-order valence-corrected chi connectivity index (χ4v) is 2.11. The second-order valence-corrected chi connectivity index (χ2v) is 4.60. The van der Waals surface area contributed by atoms with Gasteiger partial charge in [-0.1, -0.05) is 42.4 Å². The zero-order valence-corrected chi connectivity index (χ0v) is 11.4. The molecule has 0 saturated carbocycles. The van der Waals surface area contributed by atoms with Crippen molar-refractivity contribution in [2.24, 2.45) is 0 Å². The molecule has 0 aliphatic heterocycles. The van der Waals surface area contributed by atoms with Gasteiger partial charge < -0.3 is 9.09 Å². The van der Waals surface area contributed by atoms with Gasteiger partial charge in [0.15, 0.2) is 0 Å². The van der Waals surface area contributed by atoms with Gasteiger partial charge in [0.1, 0.15) is 12.4 Å². The van der Waals surface area contributed by atoms with Gasteiger partial charge >= 0.3 is 0 Å². The first-order valence-corrected chi connectivity index (χ1v) is 6.75. The molecule has 0 radical (unpaired) electrons. The molecule has 20 heavy (non-hydrogen) atoms. The maximum Gasteiger partial charge on any atom is 0.246 e. The Morgan fingerprint density at radius 3 is 2.85 bits per heavy atom. The number of benzene rings is 1. The van der Waals surface area contributed by atoms with Crippen molar-refractivity contribution in [3.8, 4) is 11.4 Å². The Balaban J connectivity index is 1.79. The molecule has 3 rings (SSSR count). The third-order valence-corrected chi connectivity index (χ3v) is 3.08. The van der Waals surface area contributed by atoms with Gasteiger partial charge in [0.25, 0.3) is 0 Å². The van der Waals surface area contributed by atoms with Crippen LogP contribution in [0.25, 0.3) is 11.4 Å². The van der Waals surface area contributed by atoms with Crippen LogP contribution in [0.2, 0.25) is 0 Å². The van der Waals surface area contributed by atoms with E-state index < -0.39 is 0 Å². The lowest BCUT2D eigenvalue weighted by Gasteiger charge is -2.02. The Morgan fingerprint density at radius 2 is 2.05 bits per heavy atom. The molecule has 0 fully saturated rings. The number of rotatable bonds is 5. The molecule has 0 amide bonds. The first-order chi connectivity index (χ1) is 9.86. The average molecular weight is 268 g/mol. The molecule has 0 bridgehead atoms. The quantitative estimate of drug-likeness (QED) is 0.714. The van der Waals surface area contributed by atoms with E-state index in [1.54, 1.807) is 6.20 Å². The van der Waals surface area contributed by atoms with Crippen molar-refractivity contribution >= 4 is 0 Å². The Morgan fingerprint density at radius 1 is 1.20 bits per heavy atom. The summed E-state index contributed by atoms with van der Waals surface area (Å²) >= 11 is 0. The highest BCUT2D eigenvalue weighted by Gasteiger charge is 2.10. The molecule has 0 unspecified atom stereocenters. The van der Waals surface area contributed by atoms with E-state index in [0.29, 0.717) is 18.3 Å². The molecule has 0 N–H and O–H groups in total. The van der Waals surface area contributed by atoms with E-state index >= 15 is 0 Å². The van der Waals surface area contributed by atoms with Crippen LogP contribution >= 0.6 is 0 Å². The second-order valence-electron chi connectivity index (χ2n) is 4.60. The van der Waals surface area contributed by atoms with E-state index in [1.807, 2.05) is 41.1 Å². The lowest BCUT2D eigenvalue weighted by molar-refractivity contribution is 0.369. The van der Waals surface area contributed by atoms with Crippen LogP contribution in [0.4, 0.5) is 0 Å². The van der Waals surface area contributed by atoms with Crippen LogP contribution in [-0.4, -0.2) is 19.7 Å². The highest BCUT2D eigenvalue weighted by atomic mass is 16.5. The number of aromatic nitrogens is 4. The smallest absolute Gasteiger partial charge is 0.246 e. The van der Waals surface area contributed by atoms with Gasteiger partial charge in [0.05, 0.1) is 0 Å². The van der Waals surface area contributed by atoms with Crippen LogP contribution in [0.5, 0.6) is 0 Å². The molecule has 1 aromatic carbocycles. The van der Waals surface area contributed by atoms with Crippen LogP contribution in [0.1, 0.15) is 25.1 Å². The van der Waals surface area contributed by atoms with E-state index in [-0.39, 0.29) is 0 Å². The number of nitrogens with zero attached hydrogens (tertiary/aromatic N) is 4. The summed E-state index contributed by atoms with van der Waals surface area (Å²) in [5.74, 6) is 2.27. The summed E-state index contributed by atoms with van der Waals surface area (Å²) in [5.41, 5.74) is 0.960. The zero-order valence-electron chi connectivity index (χ0n) is 11.4. The first-order valence-electron chi connectivity index (χ1n) is 6.75. The predicted octanol–water partition coefficient (Wildman–Crippen LogP) is 2.93. The largest absolute Gasteiger partial charge is 0.337 e. The van der Waals surface area contributed by atoms with Gasteiger partial charge in [-0.3, -0.25) is 0 Å². The summed E-state index contributed by atoms with van der Waals surface area (Å²) in [6.07, 6.45) is 5.76. The summed E-state index contributed by atoms with van der Waals surface area (Å²) in [7, 11) is 0. The van der Waals surface area contributed by atoms with Crippen molar-refractivity contribution in [1.82, 2.24) is 19.7 Å². The van der Waals surface area contributed by atoms with E-state index in [4.69, 9.17) is 4.52 Å². The molecule has 5 nitrogen and oxygen atoms in total. The van der Waals surface area contributed by atoms with E-state index in [1.165, 1.54) is 0 Å². The predicted molar refractivity (Wildman–Crippen MR) is 75.1 cm³/mol. The number of hydrogen-bond acceptors (Lipinski definition) is 4. The monoisotopic (exact) mass is 268 g/mol. The lowest BCUT2D eigenvalue weighted by Crippen LogP contribution is -2.04. The number of imidazole rings is 1. The van der Waals surface area contributed by atoms with Crippen LogP contribution < -0.4 is 0 Å². The van der Waals surface area contributed by atoms with Crippen LogP contribution in [0, 0.1) is 0 Å². The summed E-state index contributed by atoms with van der Waals surface area (Å²) in [5, 5.41) is 4.02. The van der Waals surface area contributed by atoms with Gasteiger partial charge in [-0.2, -0.15) is 4.98 Å².